The molecular weight excluding hydrogens is 378 g/mol. The summed E-state index contributed by atoms with van der Waals surface area (Å²) in [5.41, 5.74) is 5.72. The quantitative estimate of drug-likeness (QED) is 0.483. The molecule has 4 heterocycles. The number of imidazole rings is 1. The summed E-state index contributed by atoms with van der Waals surface area (Å²) in [6.07, 6.45) is 7.51. The van der Waals surface area contributed by atoms with E-state index in [1.54, 1.807) is 13.3 Å². The van der Waals surface area contributed by atoms with Crippen molar-refractivity contribution in [3.8, 4) is 5.75 Å². The number of anilines is 2. The Balaban J connectivity index is 1.49. The molecule has 0 aliphatic carbocycles. The van der Waals surface area contributed by atoms with E-state index in [-0.39, 0.29) is 0 Å². The summed E-state index contributed by atoms with van der Waals surface area (Å²) in [7, 11) is 1.66. The van der Waals surface area contributed by atoms with Crippen LogP contribution in [-0.2, 0) is 6.54 Å². The Hall–Kier alpha value is -3.94. The minimum absolute atomic E-state index is 0.529. The number of ether oxygens (including phenoxy) is 1. The smallest absolute Gasteiger partial charge is 0.229 e. The Morgan fingerprint density at radius 2 is 1.93 bits per heavy atom. The summed E-state index contributed by atoms with van der Waals surface area (Å²) in [6, 6.07) is 9.99. The highest BCUT2D eigenvalue weighted by Crippen LogP contribution is 2.23. The summed E-state index contributed by atoms with van der Waals surface area (Å²) < 4.78 is 9.11. The van der Waals surface area contributed by atoms with E-state index in [0.29, 0.717) is 12.5 Å². The van der Waals surface area contributed by atoms with Crippen molar-refractivity contribution in [1.29, 1.82) is 0 Å². The molecule has 0 aliphatic rings. The molecule has 0 aliphatic heterocycles. The summed E-state index contributed by atoms with van der Waals surface area (Å²) >= 11 is 0. The van der Waals surface area contributed by atoms with Crippen LogP contribution in [0.15, 0.2) is 55.1 Å². The molecule has 8 nitrogen and oxygen atoms in total. The number of hydrogen-bond donors (Lipinski definition) is 1. The minimum Gasteiger partial charge on any atom is -0.497 e. The molecule has 5 rings (SSSR count). The number of benzene rings is 1. The number of nitrogens with one attached hydrogen (secondary N) is 1. The molecule has 0 fully saturated rings. The molecule has 0 bridgehead atoms. The van der Waals surface area contributed by atoms with E-state index < -0.39 is 0 Å². The van der Waals surface area contributed by atoms with Crippen molar-refractivity contribution in [3.05, 3.63) is 71.9 Å². The Kier molecular flexibility index (Phi) is 4.31. The number of pyridine rings is 1. The predicted molar refractivity (Wildman–Crippen MR) is 115 cm³/mol. The summed E-state index contributed by atoms with van der Waals surface area (Å²) in [6.45, 7) is 4.62. The lowest BCUT2D eigenvalue weighted by molar-refractivity contribution is 0.414. The lowest BCUT2D eigenvalue weighted by Gasteiger charge is -2.10. The van der Waals surface area contributed by atoms with Gasteiger partial charge in [0.25, 0.3) is 0 Å². The van der Waals surface area contributed by atoms with E-state index >= 15 is 0 Å². The third-order valence-corrected chi connectivity index (χ3v) is 5.15. The van der Waals surface area contributed by atoms with Gasteiger partial charge in [-0.3, -0.25) is 0 Å². The Bertz CT molecular complexity index is 1350. The van der Waals surface area contributed by atoms with E-state index in [1.807, 2.05) is 71.9 Å². The lowest BCUT2D eigenvalue weighted by atomic mass is 10.2. The molecule has 0 unspecified atom stereocenters. The van der Waals surface area contributed by atoms with Gasteiger partial charge in [-0.1, -0.05) is 12.1 Å². The number of rotatable bonds is 5. The van der Waals surface area contributed by atoms with Crippen LogP contribution in [0.3, 0.4) is 0 Å². The molecule has 0 radical (unpaired) electrons. The number of fused-ring (bicyclic) bond motifs is 2. The zero-order chi connectivity index (χ0) is 20.7. The van der Waals surface area contributed by atoms with Gasteiger partial charge in [0.2, 0.25) is 5.95 Å². The van der Waals surface area contributed by atoms with Crippen molar-refractivity contribution in [2.24, 2.45) is 0 Å². The second-order valence-electron chi connectivity index (χ2n) is 7.21. The zero-order valence-corrected chi connectivity index (χ0v) is 17.0. The van der Waals surface area contributed by atoms with Crippen molar-refractivity contribution >= 4 is 28.3 Å². The van der Waals surface area contributed by atoms with Crippen LogP contribution in [0.4, 0.5) is 11.6 Å². The topological polar surface area (TPSA) is 82.2 Å². The number of hydrogen-bond acceptors (Lipinski definition) is 6. The molecule has 5 aromatic rings. The monoisotopic (exact) mass is 399 g/mol. The fourth-order valence-corrected chi connectivity index (χ4v) is 3.49. The highest BCUT2D eigenvalue weighted by molar-refractivity contribution is 5.79. The largest absolute Gasteiger partial charge is 0.497 e. The first-order valence-corrected chi connectivity index (χ1v) is 9.64. The van der Waals surface area contributed by atoms with E-state index in [1.165, 1.54) is 0 Å². The van der Waals surface area contributed by atoms with Crippen LogP contribution in [0.5, 0.6) is 5.75 Å². The molecule has 0 atom stereocenters. The van der Waals surface area contributed by atoms with Gasteiger partial charge in [-0.2, -0.15) is 10.1 Å². The number of aryl methyl sites for hydroxylation is 2. The maximum absolute atomic E-state index is 5.24. The van der Waals surface area contributed by atoms with Gasteiger partial charge >= 0.3 is 0 Å². The van der Waals surface area contributed by atoms with Crippen molar-refractivity contribution < 1.29 is 4.74 Å². The van der Waals surface area contributed by atoms with E-state index in [9.17, 15) is 0 Å². The Morgan fingerprint density at radius 3 is 2.73 bits per heavy atom. The highest BCUT2D eigenvalue weighted by Gasteiger charge is 2.12. The van der Waals surface area contributed by atoms with Gasteiger partial charge in [0.1, 0.15) is 11.4 Å². The molecule has 30 heavy (non-hydrogen) atoms. The Morgan fingerprint density at radius 1 is 1.10 bits per heavy atom. The normalized spacial score (nSPS) is 11.3. The first-order chi connectivity index (χ1) is 14.6. The molecule has 0 amide bonds. The van der Waals surface area contributed by atoms with Crippen LogP contribution >= 0.6 is 0 Å². The maximum Gasteiger partial charge on any atom is 0.229 e. The second-order valence-corrected chi connectivity index (χ2v) is 7.21. The zero-order valence-electron chi connectivity index (χ0n) is 17.0. The predicted octanol–water partition coefficient (Wildman–Crippen LogP) is 3.89. The van der Waals surface area contributed by atoms with Crippen molar-refractivity contribution in [2.45, 2.75) is 20.4 Å². The fraction of sp³-hybridized carbons (Fsp3) is 0.182. The van der Waals surface area contributed by atoms with Gasteiger partial charge in [0.15, 0.2) is 5.65 Å². The van der Waals surface area contributed by atoms with Crippen LogP contribution in [-0.4, -0.2) is 36.2 Å². The average Bonchev–Trinajstić information content (AvgIpc) is 3.32. The lowest BCUT2D eigenvalue weighted by Crippen LogP contribution is -2.05. The molecule has 0 saturated carbocycles. The first-order valence-electron chi connectivity index (χ1n) is 9.64. The molecule has 4 aromatic heterocycles. The van der Waals surface area contributed by atoms with Gasteiger partial charge in [0.05, 0.1) is 30.4 Å². The third kappa shape index (κ3) is 3.22. The van der Waals surface area contributed by atoms with Crippen molar-refractivity contribution in [3.63, 3.8) is 0 Å². The molecule has 150 valence electrons. The number of methoxy groups -OCH3 is 1. The second kappa shape index (κ2) is 7.14. The molecular formula is C22H21N7O. The Labute approximate surface area is 173 Å². The SMILES string of the molecule is COc1ccc(Cn2nc(C)c3cnc(Nc4cn5ccnc5cc4C)nc32)cc1. The molecule has 0 saturated heterocycles. The first kappa shape index (κ1) is 18.1. The maximum atomic E-state index is 5.24. The summed E-state index contributed by atoms with van der Waals surface area (Å²) in [5.74, 6) is 1.36. The summed E-state index contributed by atoms with van der Waals surface area (Å²) in [5, 5.41) is 8.94. The molecule has 0 spiro atoms. The van der Waals surface area contributed by atoms with E-state index in [2.05, 4.69) is 20.4 Å². The number of aromatic nitrogens is 6. The van der Waals surface area contributed by atoms with Crippen LogP contribution < -0.4 is 10.1 Å². The van der Waals surface area contributed by atoms with Gasteiger partial charge in [-0.05, 0) is 43.2 Å². The van der Waals surface area contributed by atoms with Gasteiger partial charge in [0, 0.05) is 24.8 Å². The minimum atomic E-state index is 0.529. The fourth-order valence-electron chi connectivity index (χ4n) is 3.49. The third-order valence-electron chi connectivity index (χ3n) is 5.15. The van der Waals surface area contributed by atoms with E-state index in [0.717, 1.165) is 44.9 Å². The van der Waals surface area contributed by atoms with Crippen molar-refractivity contribution in [1.82, 2.24) is 29.1 Å². The van der Waals surface area contributed by atoms with Gasteiger partial charge in [-0.25, -0.2) is 14.6 Å². The molecule has 1 N–H and O–H groups in total. The van der Waals surface area contributed by atoms with Crippen LogP contribution in [0.2, 0.25) is 0 Å². The van der Waals surface area contributed by atoms with Crippen LogP contribution in [0.1, 0.15) is 16.8 Å². The standard InChI is InChI=1S/C22H21N7O/c1-14-10-20-23-8-9-28(20)13-19(14)25-22-24-11-18-15(2)27-29(21(18)26-22)12-16-4-6-17(30-3)7-5-16/h4-11,13H,12H2,1-3H3,(H,24,25,26). The molecule has 1 aromatic carbocycles. The van der Waals surface area contributed by atoms with E-state index in [4.69, 9.17) is 9.72 Å². The van der Waals surface area contributed by atoms with Crippen LogP contribution in [0.25, 0.3) is 16.7 Å². The number of nitrogens with zero attached hydrogens (tertiary/aromatic N) is 6. The highest BCUT2D eigenvalue weighted by atomic mass is 16.5. The molecule has 8 heteroatoms. The van der Waals surface area contributed by atoms with Crippen LogP contribution in [0, 0.1) is 13.8 Å². The average molecular weight is 399 g/mol. The van der Waals surface area contributed by atoms with Crippen molar-refractivity contribution in [2.75, 3.05) is 12.4 Å². The summed E-state index contributed by atoms with van der Waals surface area (Å²) in [4.78, 5) is 13.6. The van der Waals surface area contributed by atoms with Gasteiger partial charge < -0.3 is 14.5 Å². The van der Waals surface area contributed by atoms with Gasteiger partial charge in [-0.15, -0.1) is 0 Å².